The molecule has 0 radical (unpaired) electrons. The minimum Gasteiger partial charge on any atom is -0.544 e. The summed E-state index contributed by atoms with van der Waals surface area (Å²) in [4.78, 5) is 70.3. The Morgan fingerprint density at radius 1 is 0.405 bits per heavy atom. The van der Waals surface area contributed by atoms with E-state index in [-0.39, 0.29) is 39.9 Å². The fourth-order valence-corrected chi connectivity index (χ4v) is 0.849. The van der Waals surface area contributed by atoms with E-state index in [0.717, 1.165) is 0 Å². The maximum absolute atomic E-state index is 9.89. The number of carboxylic acid groups (broad SMARTS) is 4. The van der Waals surface area contributed by atoms with E-state index in [4.69, 9.17) is 15.3 Å². The smallest absolute Gasteiger partial charge is 0.367 e. The first-order valence-electron chi connectivity index (χ1n) is 7.40. The van der Waals surface area contributed by atoms with Crippen LogP contribution in [-0.4, -0.2) is 64.4 Å². The number of hydrogen-bond acceptors (Lipinski definition) is 25. The zero-order chi connectivity index (χ0) is 26.8. The fourth-order valence-electron chi connectivity index (χ4n) is 0.849. The van der Waals surface area contributed by atoms with Crippen molar-refractivity contribution in [2.75, 3.05) is 0 Å². The van der Waals surface area contributed by atoms with Gasteiger partial charge in [-0.2, -0.15) is 39.1 Å². The second-order valence-corrected chi connectivity index (χ2v) is 4.25. The third-order valence-electron chi connectivity index (χ3n) is 2.03. The number of carbonyl (C=O) groups is 4. The molecule has 0 aliphatic carbocycles. The van der Waals surface area contributed by atoms with Crippen molar-refractivity contribution in [3.05, 3.63) is 0 Å². The summed E-state index contributed by atoms with van der Waals surface area (Å²) in [5, 5.41) is 77.0. The minimum absolute atomic E-state index is 0. The molecule has 0 atom stereocenters. The molecule has 0 aromatic rings. The first-order chi connectivity index (χ1) is 17.2. The summed E-state index contributed by atoms with van der Waals surface area (Å²) in [7, 11) is 0. The molecule has 4 heterocycles. The Morgan fingerprint density at radius 3 is 0.703 bits per heavy atom. The van der Waals surface area contributed by atoms with Gasteiger partial charge < -0.3 is 25.2 Å². The zero-order valence-corrected chi connectivity index (χ0v) is 20.5. The second kappa shape index (κ2) is 21.4. The monoisotopic (exact) mass is 783 g/mol. The van der Waals surface area contributed by atoms with E-state index in [1.165, 1.54) is 0 Å². The molecule has 0 spiro atoms. The van der Waals surface area contributed by atoms with E-state index in [0.29, 0.717) is 0 Å². The summed E-state index contributed by atoms with van der Waals surface area (Å²) >= 11 is 0. The van der Waals surface area contributed by atoms with Gasteiger partial charge in [0.25, 0.3) is 6.29 Å². The van der Waals surface area contributed by atoms with Gasteiger partial charge in [-0.15, -0.1) is 0 Å². The van der Waals surface area contributed by atoms with Crippen molar-refractivity contribution in [3.8, 4) is 0 Å². The molecule has 212 valence electrons. The van der Waals surface area contributed by atoms with E-state index in [2.05, 4.69) is 99.6 Å². The van der Waals surface area contributed by atoms with Crippen LogP contribution in [0.2, 0.25) is 0 Å². The molecule has 0 saturated carbocycles. The second-order valence-electron chi connectivity index (χ2n) is 4.25. The Balaban J connectivity index is 0.000000463. The Morgan fingerprint density at radius 2 is 0.595 bits per heavy atom. The summed E-state index contributed by atoms with van der Waals surface area (Å²) in [5.74, 6) is -5.76. The van der Waals surface area contributed by atoms with Crippen molar-refractivity contribution in [2.24, 2.45) is 0 Å². The van der Waals surface area contributed by atoms with E-state index < -0.39 is 49.0 Å². The number of aliphatic carboxylic acids is 4. The molecular formula is C8H7O28Th-. The standard InChI is InChI=1S/4C2H2O7.Th/c4*3-1(4)2-5-7-9-8-6-2;/h4*2H,(H,3,4);/p-1. The molecule has 0 unspecified atom stereocenters. The molecule has 4 aliphatic heterocycles. The van der Waals surface area contributed by atoms with Gasteiger partial charge in [-0.3, -0.25) is 0 Å². The Kier molecular flexibility index (Phi) is 20.4. The zero-order valence-electron chi connectivity index (χ0n) is 16.4. The van der Waals surface area contributed by atoms with Crippen molar-refractivity contribution in [1.82, 2.24) is 0 Å². The minimum atomic E-state index is -1.71. The van der Waals surface area contributed by atoms with Crippen molar-refractivity contribution in [2.45, 2.75) is 25.2 Å². The molecule has 0 bridgehead atoms. The molecule has 4 rings (SSSR count). The first kappa shape index (κ1) is 35.4. The van der Waals surface area contributed by atoms with Crippen LogP contribution in [0.15, 0.2) is 0 Å². The summed E-state index contributed by atoms with van der Waals surface area (Å²) in [6, 6.07) is 0. The average molecular weight is 783 g/mol. The van der Waals surface area contributed by atoms with E-state index in [9.17, 15) is 24.3 Å². The third-order valence-corrected chi connectivity index (χ3v) is 2.03. The number of hydrogen-bond donors (Lipinski definition) is 3. The largest absolute Gasteiger partial charge is 0.544 e. The van der Waals surface area contributed by atoms with Crippen molar-refractivity contribution >= 4 is 23.9 Å². The van der Waals surface area contributed by atoms with Crippen molar-refractivity contribution in [3.63, 3.8) is 0 Å². The van der Waals surface area contributed by atoms with E-state index >= 15 is 0 Å². The molecule has 0 aromatic heterocycles. The van der Waals surface area contributed by atoms with Crippen LogP contribution in [-0.2, 0) is 119 Å². The number of carboxylic acids is 4. The predicted octanol–water partition coefficient (Wildman–Crippen LogP) is -4.72. The van der Waals surface area contributed by atoms with Gasteiger partial charge in [0.1, 0.15) is 5.97 Å². The maximum atomic E-state index is 9.89. The Bertz CT molecular complexity index is 533. The van der Waals surface area contributed by atoms with Gasteiger partial charge in [0.2, 0.25) is 0 Å². The molecule has 4 saturated heterocycles. The summed E-state index contributed by atoms with van der Waals surface area (Å²) < 4.78 is 0. The van der Waals surface area contributed by atoms with Gasteiger partial charge in [0, 0.05) is 39.9 Å². The number of carbonyl (C=O) groups excluding carboxylic acids is 1. The quantitative estimate of drug-likeness (QED) is 0.225. The van der Waals surface area contributed by atoms with Crippen LogP contribution in [0.3, 0.4) is 0 Å². The van der Waals surface area contributed by atoms with Crippen LogP contribution >= 0.6 is 0 Å². The van der Waals surface area contributed by atoms with E-state index in [1.807, 2.05) is 0 Å². The van der Waals surface area contributed by atoms with Crippen LogP contribution in [0.4, 0.5) is 0 Å². The maximum Gasteiger partial charge on any atom is 0.367 e. The van der Waals surface area contributed by atoms with Gasteiger partial charge in [-0.05, 0) is 60.5 Å². The molecule has 0 amide bonds. The Labute approximate surface area is 227 Å². The average Bonchev–Trinajstić information content (AvgIpc) is 2.92. The summed E-state index contributed by atoms with van der Waals surface area (Å²) in [5.41, 5.74) is 0. The van der Waals surface area contributed by atoms with Crippen LogP contribution in [0.5, 0.6) is 0 Å². The van der Waals surface area contributed by atoms with E-state index in [1.54, 1.807) is 0 Å². The molecule has 4 fully saturated rings. The topological polar surface area (TPSA) is 337 Å². The molecule has 3 N–H and O–H groups in total. The molecule has 0 aromatic carbocycles. The number of rotatable bonds is 4. The Hall–Kier alpha value is -1.60. The van der Waals surface area contributed by atoms with Crippen molar-refractivity contribution < 1.29 is 179 Å². The van der Waals surface area contributed by atoms with Crippen LogP contribution < -0.4 is 5.11 Å². The molecule has 4 aliphatic rings. The van der Waals surface area contributed by atoms with Crippen molar-refractivity contribution in [1.29, 1.82) is 0 Å². The van der Waals surface area contributed by atoms with Gasteiger partial charge >= 0.3 is 36.8 Å². The molecule has 28 nitrogen and oxygen atoms in total. The summed E-state index contributed by atoms with van der Waals surface area (Å²) in [6.07, 6.45) is -6.50. The molecule has 37 heavy (non-hydrogen) atoms. The van der Waals surface area contributed by atoms with Gasteiger partial charge in [-0.1, -0.05) is 0 Å². The first-order valence-corrected chi connectivity index (χ1v) is 7.40. The van der Waals surface area contributed by atoms with Crippen LogP contribution in [0, 0.1) is 39.9 Å². The van der Waals surface area contributed by atoms with Crippen LogP contribution in [0.25, 0.3) is 0 Å². The van der Waals surface area contributed by atoms with Gasteiger partial charge in [0.15, 0.2) is 0 Å². The normalized spacial score (nSPS) is 21.2. The molecule has 29 heteroatoms. The third kappa shape index (κ3) is 16.8. The molecular weight excluding hydrogens is 776 g/mol. The SMILES string of the molecule is O=C(O)C1OOOOO1.O=C(O)C1OOOOO1.O=C(O)C1OOOOO1.O=C([O-])C1OOOOO1.[Th]. The van der Waals surface area contributed by atoms with Crippen LogP contribution in [0.1, 0.15) is 0 Å². The van der Waals surface area contributed by atoms with Gasteiger partial charge in [0.05, 0.1) is 0 Å². The summed E-state index contributed by atoms with van der Waals surface area (Å²) in [6.45, 7) is 0. The fraction of sp³-hybridized carbons (Fsp3) is 0.500. The predicted molar refractivity (Wildman–Crippen MR) is 64.8 cm³/mol. The van der Waals surface area contributed by atoms with Gasteiger partial charge in [-0.25, -0.2) is 14.4 Å².